The largest absolute Gasteiger partial charge is 0.497 e. The Bertz CT molecular complexity index is 663. The summed E-state index contributed by atoms with van der Waals surface area (Å²) in [6, 6.07) is 11.5. The van der Waals surface area contributed by atoms with Crippen molar-refractivity contribution >= 4 is 17.5 Å². The smallest absolute Gasteiger partial charge is 0.256 e. The molecule has 1 N–H and O–H groups in total. The van der Waals surface area contributed by atoms with Crippen LogP contribution in [0.15, 0.2) is 42.5 Å². The number of halogens is 2. The highest BCUT2D eigenvalue weighted by molar-refractivity contribution is 6.33. The van der Waals surface area contributed by atoms with Crippen molar-refractivity contribution in [1.82, 2.24) is 5.32 Å². The van der Waals surface area contributed by atoms with Gasteiger partial charge in [-0.05, 0) is 43.7 Å². The molecule has 0 aliphatic heterocycles. The first-order valence-corrected chi connectivity index (χ1v) is 7.14. The van der Waals surface area contributed by atoms with Crippen LogP contribution in [0.5, 0.6) is 5.75 Å². The molecule has 22 heavy (non-hydrogen) atoms. The zero-order valence-electron chi connectivity index (χ0n) is 12.6. The van der Waals surface area contributed by atoms with Crippen LogP contribution in [0.2, 0.25) is 5.02 Å². The second-order valence-corrected chi connectivity index (χ2v) is 5.81. The molecule has 0 saturated carbocycles. The molecular formula is C17H17ClFNO2. The maximum absolute atomic E-state index is 13.8. The molecule has 0 spiro atoms. The Morgan fingerprint density at radius 2 is 1.82 bits per heavy atom. The van der Waals surface area contributed by atoms with Crippen LogP contribution in [0.3, 0.4) is 0 Å². The van der Waals surface area contributed by atoms with Crippen molar-refractivity contribution < 1.29 is 13.9 Å². The molecule has 2 aromatic carbocycles. The topological polar surface area (TPSA) is 38.3 Å². The first-order chi connectivity index (χ1) is 10.3. The van der Waals surface area contributed by atoms with Gasteiger partial charge in [-0.2, -0.15) is 0 Å². The number of hydrogen-bond acceptors (Lipinski definition) is 2. The van der Waals surface area contributed by atoms with Gasteiger partial charge < -0.3 is 10.1 Å². The molecule has 0 unspecified atom stereocenters. The zero-order chi connectivity index (χ0) is 16.3. The van der Waals surface area contributed by atoms with E-state index in [0.717, 1.165) is 11.3 Å². The molecule has 0 aromatic heterocycles. The van der Waals surface area contributed by atoms with Crippen LogP contribution in [-0.4, -0.2) is 13.0 Å². The molecule has 0 atom stereocenters. The summed E-state index contributed by atoms with van der Waals surface area (Å²) in [6.07, 6.45) is 0. The quantitative estimate of drug-likeness (QED) is 0.918. The van der Waals surface area contributed by atoms with E-state index in [-0.39, 0.29) is 10.6 Å². The van der Waals surface area contributed by atoms with Gasteiger partial charge in [-0.1, -0.05) is 29.8 Å². The van der Waals surface area contributed by atoms with E-state index in [1.54, 1.807) is 19.2 Å². The predicted octanol–water partition coefficient (Wildman–Crippen LogP) is 4.15. The molecule has 116 valence electrons. The Labute approximate surface area is 134 Å². The van der Waals surface area contributed by atoms with Gasteiger partial charge in [-0.15, -0.1) is 0 Å². The van der Waals surface area contributed by atoms with Gasteiger partial charge in [-0.3, -0.25) is 4.79 Å². The molecular weight excluding hydrogens is 305 g/mol. The van der Waals surface area contributed by atoms with E-state index < -0.39 is 17.3 Å². The molecule has 0 heterocycles. The van der Waals surface area contributed by atoms with E-state index in [1.807, 2.05) is 26.0 Å². The number of rotatable bonds is 4. The SMILES string of the molecule is COc1ccc(C(C)(C)NC(=O)c2c(F)cccc2Cl)cc1. The molecule has 1 amide bonds. The predicted molar refractivity (Wildman–Crippen MR) is 84.9 cm³/mol. The third kappa shape index (κ3) is 3.39. The van der Waals surface area contributed by atoms with Gasteiger partial charge in [0.25, 0.3) is 5.91 Å². The number of amides is 1. The Balaban J connectivity index is 2.25. The lowest BCUT2D eigenvalue weighted by Crippen LogP contribution is -2.41. The lowest BCUT2D eigenvalue weighted by atomic mass is 9.93. The summed E-state index contributed by atoms with van der Waals surface area (Å²) in [7, 11) is 1.59. The van der Waals surface area contributed by atoms with Crippen molar-refractivity contribution in [2.24, 2.45) is 0 Å². The average molecular weight is 322 g/mol. The highest BCUT2D eigenvalue weighted by atomic mass is 35.5. The number of carbonyl (C=O) groups is 1. The average Bonchev–Trinajstić information content (AvgIpc) is 2.46. The molecule has 5 heteroatoms. The second kappa shape index (κ2) is 6.36. The summed E-state index contributed by atoms with van der Waals surface area (Å²) >= 11 is 5.92. The fourth-order valence-electron chi connectivity index (χ4n) is 2.14. The van der Waals surface area contributed by atoms with Crippen LogP contribution in [-0.2, 0) is 5.54 Å². The van der Waals surface area contributed by atoms with Crippen LogP contribution < -0.4 is 10.1 Å². The molecule has 0 aliphatic carbocycles. The van der Waals surface area contributed by atoms with E-state index in [9.17, 15) is 9.18 Å². The van der Waals surface area contributed by atoms with Gasteiger partial charge in [0.2, 0.25) is 0 Å². The third-order valence-electron chi connectivity index (χ3n) is 3.43. The molecule has 0 saturated heterocycles. The molecule has 0 aliphatic rings. The molecule has 0 radical (unpaired) electrons. The standard InChI is InChI=1S/C17H17ClFNO2/c1-17(2,11-7-9-12(22-3)10-8-11)20-16(21)15-13(18)5-4-6-14(15)19/h4-10H,1-3H3,(H,20,21). The molecule has 3 nitrogen and oxygen atoms in total. The first kappa shape index (κ1) is 16.3. The van der Waals surface area contributed by atoms with Crippen LogP contribution >= 0.6 is 11.6 Å². The first-order valence-electron chi connectivity index (χ1n) is 6.76. The summed E-state index contributed by atoms with van der Waals surface area (Å²) in [5, 5.41) is 2.89. The number of carbonyl (C=O) groups excluding carboxylic acids is 1. The van der Waals surface area contributed by atoms with Gasteiger partial charge in [0, 0.05) is 0 Å². The number of benzene rings is 2. The Hall–Kier alpha value is -2.07. The highest BCUT2D eigenvalue weighted by Crippen LogP contribution is 2.25. The molecule has 0 bridgehead atoms. The fraction of sp³-hybridized carbons (Fsp3) is 0.235. The number of methoxy groups -OCH3 is 1. The maximum Gasteiger partial charge on any atom is 0.256 e. The van der Waals surface area contributed by atoms with Crippen LogP contribution in [0.1, 0.15) is 29.8 Å². The van der Waals surface area contributed by atoms with Crippen molar-refractivity contribution in [2.75, 3.05) is 7.11 Å². The summed E-state index contributed by atoms with van der Waals surface area (Å²) in [4.78, 5) is 12.3. The summed E-state index contributed by atoms with van der Waals surface area (Å²) in [5.74, 6) is -0.470. The van der Waals surface area contributed by atoms with Crippen LogP contribution in [0.4, 0.5) is 4.39 Å². The van der Waals surface area contributed by atoms with Gasteiger partial charge in [-0.25, -0.2) is 4.39 Å². The van der Waals surface area contributed by atoms with Crippen molar-refractivity contribution in [3.05, 3.63) is 64.4 Å². The van der Waals surface area contributed by atoms with Gasteiger partial charge in [0.1, 0.15) is 11.6 Å². The Morgan fingerprint density at radius 3 is 2.36 bits per heavy atom. The van der Waals surface area contributed by atoms with Gasteiger partial charge >= 0.3 is 0 Å². The van der Waals surface area contributed by atoms with Crippen molar-refractivity contribution in [3.63, 3.8) is 0 Å². The maximum atomic E-state index is 13.8. The molecule has 2 aromatic rings. The second-order valence-electron chi connectivity index (χ2n) is 5.40. The number of hydrogen-bond donors (Lipinski definition) is 1. The van der Waals surface area contributed by atoms with E-state index >= 15 is 0 Å². The highest BCUT2D eigenvalue weighted by Gasteiger charge is 2.26. The lowest BCUT2D eigenvalue weighted by molar-refractivity contribution is 0.0908. The zero-order valence-corrected chi connectivity index (χ0v) is 13.4. The van der Waals surface area contributed by atoms with Crippen LogP contribution in [0, 0.1) is 5.82 Å². The number of ether oxygens (including phenoxy) is 1. The van der Waals surface area contributed by atoms with E-state index in [4.69, 9.17) is 16.3 Å². The molecule has 0 fully saturated rings. The summed E-state index contributed by atoms with van der Waals surface area (Å²) < 4.78 is 18.9. The van der Waals surface area contributed by atoms with Crippen molar-refractivity contribution in [1.29, 1.82) is 0 Å². The normalized spacial score (nSPS) is 11.1. The lowest BCUT2D eigenvalue weighted by Gasteiger charge is -2.27. The third-order valence-corrected chi connectivity index (χ3v) is 3.74. The fourth-order valence-corrected chi connectivity index (χ4v) is 2.39. The minimum atomic E-state index is -0.686. The van der Waals surface area contributed by atoms with Crippen molar-refractivity contribution in [2.45, 2.75) is 19.4 Å². The van der Waals surface area contributed by atoms with Crippen molar-refractivity contribution in [3.8, 4) is 5.75 Å². The molecule has 2 rings (SSSR count). The van der Waals surface area contributed by atoms with E-state index in [0.29, 0.717) is 0 Å². The minimum Gasteiger partial charge on any atom is -0.497 e. The van der Waals surface area contributed by atoms with Crippen LogP contribution in [0.25, 0.3) is 0 Å². The monoisotopic (exact) mass is 321 g/mol. The summed E-state index contributed by atoms with van der Waals surface area (Å²) in [6.45, 7) is 3.67. The Kier molecular flexibility index (Phi) is 4.71. The van der Waals surface area contributed by atoms with Gasteiger partial charge in [0.05, 0.1) is 23.2 Å². The van der Waals surface area contributed by atoms with E-state index in [2.05, 4.69) is 5.32 Å². The van der Waals surface area contributed by atoms with E-state index in [1.165, 1.54) is 18.2 Å². The van der Waals surface area contributed by atoms with Gasteiger partial charge in [0.15, 0.2) is 0 Å². The number of nitrogens with one attached hydrogen (secondary N) is 1. The minimum absolute atomic E-state index is 0.0861. The summed E-state index contributed by atoms with van der Waals surface area (Å²) in [5.41, 5.74) is 0.0365. The Morgan fingerprint density at radius 1 is 1.18 bits per heavy atom.